The first-order chi connectivity index (χ1) is 11.3. The van der Waals surface area contributed by atoms with Crippen molar-refractivity contribution in [3.05, 3.63) is 0 Å². The van der Waals surface area contributed by atoms with E-state index < -0.39 is 82.9 Å². The standard InChI is InChI=1S/C14H12N2O8/c17-9-3-1-2(4(3)10(18)15-9)8(14(23)24)6-5(7(1)13(21)22)11(19)16-12(6)20/h1-8H,(H,21,22)(H,23,24)(H,15,17,18)(H,16,19,20). The van der Waals surface area contributed by atoms with E-state index in [4.69, 9.17) is 0 Å². The summed E-state index contributed by atoms with van der Waals surface area (Å²) in [7, 11) is 0. The Bertz CT molecular complexity index is 685. The van der Waals surface area contributed by atoms with Crippen molar-refractivity contribution in [1.82, 2.24) is 10.6 Å². The number of hydrogen-bond acceptors (Lipinski definition) is 6. The Balaban J connectivity index is 1.87. The topological polar surface area (TPSA) is 167 Å². The fourth-order valence-corrected chi connectivity index (χ4v) is 5.20. The average Bonchev–Trinajstić information content (AvgIpc) is 2.86. The van der Waals surface area contributed by atoms with E-state index in [1.165, 1.54) is 0 Å². The number of rotatable bonds is 2. The van der Waals surface area contributed by atoms with Gasteiger partial charge in [0.1, 0.15) is 0 Å². The summed E-state index contributed by atoms with van der Waals surface area (Å²) in [6.07, 6.45) is 0. The van der Waals surface area contributed by atoms with Crippen molar-refractivity contribution in [2.45, 2.75) is 0 Å². The van der Waals surface area contributed by atoms with Crippen molar-refractivity contribution in [3.63, 3.8) is 0 Å². The normalized spacial score (nSPS) is 45.5. The summed E-state index contributed by atoms with van der Waals surface area (Å²) in [5.74, 6) is -15.0. The van der Waals surface area contributed by atoms with Crippen LogP contribution >= 0.6 is 0 Å². The lowest BCUT2D eigenvalue weighted by Crippen LogP contribution is -2.65. The molecule has 4 aliphatic rings. The van der Waals surface area contributed by atoms with E-state index in [1.54, 1.807) is 0 Å². The van der Waals surface area contributed by atoms with Gasteiger partial charge in [-0.2, -0.15) is 0 Å². The van der Waals surface area contributed by atoms with Crippen LogP contribution in [0.3, 0.4) is 0 Å². The number of carboxylic acids is 2. The van der Waals surface area contributed by atoms with Gasteiger partial charge in [0.05, 0.1) is 35.5 Å². The monoisotopic (exact) mass is 336 g/mol. The van der Waals surface area contributed by atoms with Crippen molar-refractivity contribution in [3.8, 4) is 0 Å². The van der Waals surface area contributed by atoms with Gasteiger partial charge in [0.15, 0.2) is 0 Å². The molecule has 24 heavy (non-hydrogen) atoms. The van der Waals surface area contributed by atoms with Crippen LogP contribution in [-0.4, -0.2) is 45.8 Å². The van der Waals surface area contributed by atoms with Gasteiger partial charge in [-0.25, -0.2) is 0 Å². The molecule has 126 valence electrons. The van der Waals surface area contributed by atoms with E-state index in [2.05, 4.69) is 5.32 Å². The largest absolute Gasteiger partial charge is 0.481 e. The van der Waals surface area contributed by atoms with Gasteiger partial charge >= 0.3 is 11.9 Å². The van der Waals surface area contributed by atoms with Gasteiger partial charge in [-0.3, -0.25) is 39.4 Å². The molecule has 2 heterocycles. The maximum atomic E-state index is 12.1. The fraction of sp³-hybridized carbons (Fsp3) is 0.571. The van der Waals surface area contributed by atoms with Crippen molar-refractivity contribution >= 4 is 35.6 Å². The van der Waals surface area contributed by atoms with E-state index in [9.17, 15) is 39.0 Å². The number of imide groups is 2. The van der Waals surface area contributed by atoms with E-state index in [1.807, 2.05) is 5.32 Å². The SMILES string of the molecule is O=C1NC(=O)C2C1C(C(=O)O)C1C3C(=O)NC(=O)C3C1C2C(=O)O. The third-order valence-corrected chi connectivity index (χ3v) is 5.92. The predicted octanol–water partition coefficient (Wildman–Crippen LogP) is -2.57. The number of hydrogen-bond donors (Lipinski definition) is 4. The van der Waals surface area contributed by atoms with Crippen molar-refractivity contribution in [1.29, 1.82) is 0 Å². The molecule has 8 unspecified atom stereocenters. The highest BCUT2D eigenvalue weighted by atomic mass is 16.4. The van der Waals surface area contributed by atoms with Gasteiger partial charge in [-0.05, 0) is 11.8 Å². The molecular formula is C14H12N2O8. The number of carbonyl (C=O) groups excluding carboxylic acids is 4. The quantitative estimate of drug-likeness (QED) is 0.399. The van der Waals surface area contributed by atoms with Gasteiger partial charge in [0, 0.05) is 0 Å². The minimum absolute atomic E-state index is 0.648. The molecule has 0 radical (unpaired) electrons. The molecule has 0 aromatic heterocycles. The van der Waals surface area contributed by atoms with Crippen LogP contribution in [0.4, 0.5) is 0 Å². The Kier molecular flexibility index (Phi) is 2.71. The Morgan fingerprint density at radius 2 is 0.917 bits per heavy atom. The van der Waals surface area contributed by atoms with Crippen molar-refractivity contribution in [2.75, 3.05) is 0 Å². The number of amides is 4. The summed E-state index contributed by atoms with van der Waals surface area (Å²) < 4.78 is 0. The third-order valence-electron chi connectivity index (χ3n) is 5.92. The summed E-state index contributed by atoms with van der Waals surface area (Å²) in [4.78, 5) is 71.5. The second-order valence-corrected chi connectivity index (χ2v) is 6.69. The smallest absolute Gasteiger partial charge is 0.307 e. The maximum Gasteiger partial charge on any atom is 0.307 e. The van der Waals surface area contributed by atoms with Crippen LogP contribution in [0.1, 0.15) is 0 Å². The first-order valence-electron chi connectivity index (χ1n) is 7.40. The highest BCUT2D eigenvalue weighted by molar-refractivity contribution is 6.11. The number of fused-ring (bicyclic) bond motifs is 5. The third kappa shape index (κ3) is 1.50. The molecular weight excluding hydrogens is 324 g/mol. The molecule has 0 aromatic rings. The minimum Gasteiger partial charge on any atom is -0.481 e. The number of carbonyl (C=O) groups is 6. The second kappa shape index (κ2) is 4.40. The van der Waals surface area contributed by atoms with Crippen molar-refractivity contribution in [2.24, 2.45) is 47.3 Å². The lowest BCUT2D eigenvalue weighted by molar-refractivity contribution is -0.194. The van der Waals surface area contributed by atoms with Crippen LogP contribution in [0.5, 0.6) is 0 Å². The molecule has 0 bridgehead atoms. The summed E-state index contributed by atoms with van der Waals surface area (Å²) in [5.41, 5.74) is 0. The molecule has 4 fully saturated rings. The summed E-state index contributed by atoms with van der Waals surface area (Å²) in [6.45, 7) is 0. The van der Waals surface area contributed by atoms with E-state index in [0.29, 0.717) is 0 Å². The molecule has 2 aliphatic heterocycles. The zero-order valence-corrected chi connectivity index (χ0v) is 12.0. The Morgan fingerprint density at radius 1 is 0.625 bits per heavy atom. The van der Waals surface area contributed by atoms with Gasteiger partial charge in [-0.1, -0.05) is 0 Å². The Labute approximate surface area is 133 Å². The van der Waals surface area contributed by atoms with E-state index >= 15 is 0 Å². The molecule has 2 aliphatic carbocycles. The molecule has 4 amide bonds. The van der Waals surface area contributed by atoms with Gasteiger partial charge in [-0.15, -0.1) is 0 Å². The Hall–Kier alpha value is -2.78. The van der Waals surface area contributed by atoms with Gasteiger partial charge in [0.2, 0.25) is 23.6 Å². The highest BCUT2D eigenvalue weighted by Crippen LogP contribution is 2.63. The predicted molar refractivity (Wildman–Crippen MR) is 69.5 cm³/mol. The van der Waals surface area contributed by atoms with Crippen LogP contribution in [0.15, 0.2) is 0 Å². The van der Waals surface area contributed by atoms with E-state index in [0.717, 1.165) is 0 Å². The fourth-order valence-electron chi connectivity index (χ4n) is 5.20. The number of aliphatic carboxylic acids is 2. The lowest BCUT2D eigenvalue weighted by atomic mass is 9.42. The molecule has 2 saturated heterocycles. The molecule has 8 atom stereocenters. The lowest BCUT2D eigenvalue weighted by Gasteiger charge is -2.56. The molecule has 4 rings (SSSR count). The van der Waals surface area contributed by atoms with Crippen LogP contribution in [0.25, 0.3) is 0 Å². The summed E-state index contributed by atoms with van der Waals surface area (Å²) >= 11 is 0. The van der Waals surface area contributed by atoms with Crippen LogP contribution in [0, 0.1) is 47.3 Å². The molecule has 10 nitrogen and oxygen atoms in total. The average molecular weight is 336 g/mol. The molecule has 0 aromatic carbocycles. The first kappa shape index (κ1) is 14.8. The summed E-state index contributed by atoms with van der Waals surface area (Å²) in [6, 6.07) is 0. The zero-order valence-electron chi connectivity index (χ0n) is 12.0. The van der Waals surface area contributed by atoms with Gasteiger partial charge < -0.3 is 10.2 Å². The van der Waals surface area contributed by atoms with Crippen LogP contribution < -0.4 is 10.6 Å². The van der Waals surface area contributed by atoms with Crippen LogP contribution in [0.2, 0.25) is 0 Å². The maximum absolute atomic E-state index is 12.1. The van der Waals surface area contributed by atoms with E-state index in [-0.39, 0.29) is 0 Å². The molecule has 10 heteroatoms. The number of nitrogens with one attached hydrogen (secondary N) is 2. The summed E-state index contributed by atoms with van der Waals surface area (Å²) in [5, 5.41) is 23.2. The minimum atomic E-state index is -1.38. The second-order valence-electron chi connectivity index (χ2n) is 6.69. The zero-order chi connectivity index (χ0) is 17.5. The van der Waals surface area contributed by atoms with Crippen LogP contribution in [-0.2, 0) is 28.8 Å². The first-order valence-corrected chi connectivity index (χ1v) is 7.40. The highest BCUT2D eigenvalue weighted by Gasteiger charge is 2.75. The number of carboxylic acid groups (broad SMARTS) is 2. The Morgan fingerprint density at radius 3 is 1.21 bits per heavy atom. The molecule has 4 N–H and O–H groups in total. The molecule has 0 spiro atoms. The van der Waals surface area contributed by atoms with Crippen molar-refractivity contribution < 1.29 is 39.0 Å². The van der Waals surface area contributed by atoms with Gasteiger partial charge in [0.25, 0.3) is 0 Å². The molecule has 2 saturated carbocycles.